The van der Waals surface area contributed by atoms with Gasteiger partial charge in [-0.05, 0) is 18.6 Å². The zero-order chi connectivity index (χ0) is 10.9. The van der Waals surface area contributed by atoms with Crippen molar-refractivity contribution in [3.05, 3.63) is 23.3 Å². The minimum atomic E-state index is -4.99. The normalized spacial score (nSPS) is 11.0. The number of benzene rings is 1. The summed E-state index contributed by atoms with van der Waals surface area (Å²) < 4.78 is 37.6. The monoisotopic (exact) mass is 259 g/mol. The van der Waals surface area contributed by atoms with E-state index in [1.165, 1.54) is 13.0 Å². The average Bonchev–Trinajstić information content (AvgIpc) is 2.07. The van der Waals surface area contributed by atoms with Gasteiger partial charge in [0.1, 0.15) is 0 Å². The first-order valence-electron chi connectivity index (χ1n) is 4.06. The van der Waals surface area contributed by atoms with Gasteiger partial charge in [0.25, 0.3) is 0 Å². The molecule has 0 heterocycles. The van der Waals surface area contributed by atoms with Gasteiger partial charge in [0.05, 0.1) is 0 Å². The number of anilines is 1. The maximum absolute atomic E-state index is 12.5. The smallest absolute Gasteiger partial charge is 0.445 e. The van der Waals surface area contributed by atoms with Gasteiger partial charge < -0.3 is 18.7 Å². The molecule has 0 aliphatic rings. The third-order valence-electron chi connectivity index (χ3n) is 2.08. The Labute approximate surface area is 135 Å². The molecule has 15 heavy (non-hydrogen) atoms. The number of nitrogens with two attached hydrogens (primary N) is 1. The van der Waals surface area contributed by atoms with Gasteiger partial charge in [0.2, 0.25) is 0 Å². The van der Waals surface area contributed by atoms with E-state index in [1.54, 1.807) is 0 Å². The standard InChI is InChI=1S/C8H10BF3NS.K/c1-5-7(9(10,11)12)2-6(4-14)3-8(5)13;/h2-3,14H,4,13H2,1H3;/q-1;+1. The zero-order valence-corrected chi connectivity index (χ0v) is 12.6. The topological polar surface area (TPSA) is 26.0 Å². The molecule has 1 nitrogen and oxygen atoms in total. The maximum atomic E-state index is 12.5. The van der Waals surface area contributed by atoms with E-state index >= 15 is 0 Å². The van der Waals surface area contributed by atoms with Crippen molar-refractivity contribution < 1.29 is 64.3 Å². The first-order valence-corrected chi connectivity index (χ1v) is 4.69. The Morgan fingerprint density at radius 3 is 2.27 bits per heavy atom. The van der Waals surface area contributed by atoms with E-state index in [4.69, 9.17) is 5.73 Å². The first kappa shape index (κ1) is 15.9. The summed E-state index contributed by atoms with van der Waals surface area (Å²) >= 11 is 3.92. The van der Waals surface area contributed by atoms with Crippen molar-refractivity contribution in [2.45, 2.75) is 12.7 Å². The molecule has 0 radical (unpaired) electrons. The molecule has 1 rings (SSSR count). The van der Waals surface area contributed by atoms with Crippen molar-refractivity contribution in [3.63, 3.8) is 0 Å². The molecule has 0 spiro atoms. The quantitative estimate of drug-likeness (QED) is 0.400. The Kier molecular flexibility index (Phi) is 6.32. The van der Waals surface area contributed by atoms with E-state index in [2.05, 4.69) is 12.6 Å². The summed E-state index contributed by atoms with van der Waals surface area (Å²) in [4.78, 5) is 0. The summed E-state index contributed by atoms with van der Waals surface area (Å²) in [6.45, 7) is -3.61. The van der Waals surface area contributed by atoms with Gasteiger partial charge in [0, 0.05) is 11.4 Å². The molecule has 1 aromatic rings. The summed E-state index contributed by atoms with van der Waals surface area (Å²) in [6.07, 6.45) is 0. The molecule has 2 N–H and O–H groups in total. The molecule has 1 aromatic carbocycles. The molecule has 7 heteroatoms. The van der Waals surface area contributed by atoms with Gasteiger partial charge in [-0.25, -0.2) is 0 Å². The largest absolute Gasteiger partial charge is 1.00 e. The zero-order valence-electron chi connectivity index (χ0n) is 8.60. The van der Waals surface area contributed by atoms with Crippen LogP contribution < -0.4 is 62.6 Å². The summed E-state index contributed by atoms with van der Waals surface area (Å²) in [5, 5.41) is 0. The van der Waals surface area contributed by atoms with E-state index in [0.717, 1.165) is 6.07 Å². The van der Waals surface area contributed by atoms with E-state index in [-0.39, 0.29) is 68.4 Å². The van der Waals surface area contributed by atoms with Crippen LogP contribution in [0.2, 0.25) is 0 Å². The second-order valence-corrected chi connectivity index (χ2v) is 3.45. The van der Waals surface area contributed by atoms with Gasteiger partial charge >= 0.3 is 58.4 Å². The molecule has 0 saturated heterocycles. The fourth-order valence-electron chi connectivity index (χ4n) is 1.26. The van der Waals surface area contributed by atoms with Crippen LogP contribution in [0.5, 0.6) is 0 Å². The molecule has 0 aliphatic heterocycles. The van der Waals surface area contributed by atoms with Crippen molar-refractivity contribution in [1.82, 2.24) is 0 Å². The molecule has 0 aliphatic carbocycles. The molecule has 78 valence electrons. The fraction of sp³-hybridized carbons (Fsp3) is 0.250. The summed E-state index contributed by atoms with van der Waals surface area (Å²) in [6, 6.07) is 2.63. The number of hydrogen-bond donors (Lipinski definition) is 2. The molecule has 0 amide bonds. The van der Waals surface area contributed by atoms with Crippen LogP contribution in [0.3, 0.4) is 0 Å². The number of halogens is 3. The first-order chi connectivity index (χ1) is 6.36. The Morgan fingerprint density at radius 1 is 1.33 bits per heavy atom. The Hall–Kier alpha value is 0.861. The van der Waals surface area contributed by atoms with Crippen LogP contribution in [0.4, 0.5) is 18.6 Å². The van der Waals surface area contributed by atoms with Gasteiger partial charge in [-0.1, -0.05) is 11.6 Å². The second-order valence-electron chi connectivity index (χ2n) is 3.13. The van der Waals surface area contributed by atoms with Crippen LogP contribution in [-0.2, 0) is 5.75 Å². The predicted molar refractivity (Wildman–Crippen MR) is 57.0 cm³/mol. The van der Waals surface area contributed by atoms with Gasteiger partial charge in [-0.15, -0.1) is 5.46 Å². The van der Waals surface area contributed by atoms with Gasteiger partial charge in [-0.2, -0.15) is 12.6 Å². The van der Waals surface area contributed by atoms with E-state index < -0.39 is 12.4 Å². The van der Waals surface area contributed by atoms with E-state index in [0.29, 0.717) is 5.56 Å². The Bertz CT molecular complexity index is 356. The number of nitrogen functional groups attached to an aromatic ring is 1. The van der Waals surface area contributed by atoms with Crippen LogP contribution in [0.25, 0.3) is 0 Å². The van der Waals surface area contributed by atoms with Crippen LogP contribution in [0, 0.1) is 6.92 Å². The van der Waals surface area contributed by atoms with Crippen LogP contribution in [-0.4, -0.2) is 6.98 Å². The molecular weight excluding hydrogens is 249 g/mol. The van der Waals surface area contributed by atoms with Gasteiger partial charge in [0.15, 0.2) is 0 Å². The second kappa shape index (κ2) is 5.97. The van der Waals surface area contributed by atoms with Crippen molar-refractivity contribution in [2.75, 3.05) is 5.73 Å². The third-order valence-corrected chi connectivity index (χ3v) is 2.45. The van der Waals surface area contributed by atoms with E-state index in [9.17, 15) is 12.9 Å². The minimum absolute atomic E-state index is 0. The molecule has 0 aromatic heterocycles. The van der Waals surface area contributed by atoms with Crippen molar-refractivity contribution in [1.29, 1.82) is 0 Å². The van der Waals surface area contributed by atoms with Crippen LogP contribution >= 0.6 is 12.6 Å². The minimum Gasteiger partial charge on any atom is -0.445 e. The van der Waals surface area contributed by atoms with E-state index in [1.807, 2.05) is 0 Å². The Morgan fingerprint density at radius 2 is 1.87 bits per heavy atom. The van der Waals surface area contributed by atoms with Crippen molar-refractivity contribution in [2.24, 2.45) is 0 Å². The molecule has 0 atom stereocenters. The van der Waals surface area contributed by atoms with Crippen LogP contribution in [0.15, 0.2) is 12.1 Å². The molecule has 0 bridgehead atoms. The summed E-state index contributed by atoms with van der Waals surface area (Å²) in [5.41, 5.74) is 5.62. The third kappa shape index (κ3) is 3.98. The molecular formula is C8H10BF3KNS. The number of thiol groups is 1. The fourth-order valence-corrected chi connectivity index (χ4v) is 1.44. The van der Waals surface area contributed by atoms with Gasteiger partial charge in [-0.3, -0.25) is 0 Å². The number of rotatable bonds is 2. The molecule has 0 fully saturated rings. The summed E-state index contributed by atoms with van der Waals surface area (Å²) in [5.74, 6) is 0.254. The SMILES string of the molecule is Cc1c(N)cc(CS)cc1[B-](F)(F)F.[K+]. The average molecular weight is 259 g/mol. The van der Waals surface area contributed by atoms with Crippen molar-refractivity contribution in [3.8, 4) is 0 Å². The van der Waals surface area contributed by atoms with Crippen LogP contribution in [0.1, 0.15) is 11.1 Å². The summed E-state index contributed by atoms with van der Waals surface area (Å²) in [7, 11) is 0. The van der Waals surface area contributed by atoms with Crippen molar-refractivity contribution >= 4 is 30.8 Å². The predicted octanol–water partition coefficient (Wildman–Crippen LogP) is -0.935. The Balaban J connectivity index is 0.00000196. The maximum Gasteiger partial charge on any atom is 1.00 e. The molecule has 0 saturated carbocycles. The molecule has 0 unspecified atom stereocenters. The number of hydrogen-bond acceptors (Lipinski definition) is 2.